The summed E-state index contributed by atoms with van der Waals surface area (Å²) in [6.07, 6.45) is 1.61. The third kappa shape index (κ3) is 4.25. The fourth-order valence-corrected chi connectivity index (χ4v) is 3.60. The van der Waals surface area contributed by atoms with Crippen LogP contribution in [-0.2, 0) is 14.9 Å². The van der Waals surface area contributed by atoms with Gasteiger partial charge in [0, 0.05) is 24.1 Å². The Morgan fingerprint density at radius 1 is 1.35 bits per heavy atom. The summed E-state index contributed by atoms with van der Waals surface area (Å²) in [6.45, 7) is 6.91. The van der Waals surface area contributed by atoms with Crippen molar-refractivity contribution in [3.05, 3.63) is 34.9 Å². The molecule has 1 saturated heterocycles. The maximum absolute atomic E-state index is 12.8. The van der Waals surface area contributed by atoms with E-state index in [9.17, 15) is 4.79 Å². The lowest BCUT2D eigenvalue weighted by molar-refractivity contribution is -0.136. The highest BCUT2D eigenvalue weighted by Gasteiger charge is 2.40. The molecule has 128 valence electrons. The number of nitrogens with one attached hydrogen (secondary N) is 2. The standard InChI is InChI=1S/C18H27ClN2O2/c1-17(2,14-6-4-5-7-15(14)19)12-21-16(22)18(13-23-3)8-10-20-11-9-18/h4-7,20H,8-13H2,1-3H3,(H,21,22). The van der Waals surface area contributed by atoms with Crippen molar-refractivity contribution in [2.24, 2.45) is 5.41 Å². The first-order valence-corrected chi connectivity index (χ1v) is 8.52. The number of benzene rings is 1. The van der Waals surface area contributed by atoms with E-state index in [-0.39, 0.29) is 11.3 Å². The molecular weight excluding hydrogens is 312 g/mol. The van der Waals surface area contributed by atoms with Crippen molar-refractivity contribution in [2.75, 3.05) is 33.4 Å². The third-order valence-electron chi connectivity index (χ3n) is 4.76. The third-order valence-corrected chi connectivity index (χ3v) is 5.09. The average Bonchev–Trinajstić information content (AvgIpc) is 2.54. The second-order valence-electron chi connectivity index (χ2n) is 7.01. The number of hydrogen-bond acceptors (Lipinski definition) is 3. The van der Waals surface area contributed by atoms with Gasteiger partial charge in [-0.25, -0.2) is 0 Å². The van der Waals surface area contributed by atoms with Crippen molar-refractivity contribution in [2.45, 2.75) is 32.1 Å². The fourth-order valence-electron chi connectivity index (χ4n) is 3.21. The van der Waals surface area contributed by atoms with Crippen LogP contribution in [0.5, 0.6) is 0 Å². The minimum absolute atomic E-state index is 0.0842. The van der Waals surface area contributed by atoms with E-state index in [0.29, 0.717) is 13.2 Å². The van der Waals surface area contributed by atoms with Gasteiger partial charge < -0.3 is 15.4 Å². The molecule has 1 amide bonds. The number of halogens is 1. The molecular formula is C18H27ClN2O2. The first-order chi connectivity index (χ1) is 10.9. The number of amides is 1. The molecule has 4 nitrogen and oxygen atoms in total. The van der Waals surface area contributed by atoms with Crippen LogP contribution < -0.4 is 10.6 Å². The van der Waals surface area contributed by atoms with E-state index < -0.39 is 5.41 Å². The topological polar surface area (TPSA) is 50.4 Å². The molecule has 0 saturated carbocycles. The van der Waals surface area contributed by atoms with Crippen molar-refractivity contribution in [3.8, 4) is 0 Å². The molecule has 2 rings (SSSR count). The molecule has 1 aromatic rings. The minimum Gasteiger partial charge on any atom is -0.384 e. The van der Waals surface area contributed by atoms with Gasteiger partial charge in [0.05, 0.1) is 12.0 Å². The molecule has 0 atom stereocenters. The summed E-state index contributed by atoms with van der Waals surface area (Å²) in [5.41, 5.74) is 0.402. The van der Waals surface area contributed by atoms with E-state index >= 15 is 0 Å². The maximum Gasteiger partial charge on any atom is 0.228 e. The number of hydrogen-bond donors (Lipinski definition) is 2. The van der Waals surface area contributed by atoms with Gasteiger partial charge in [0.15, 0.2) is 0 Å². The number of piperidine rings is 1. The van der Waals surface area contributed by atoms with E-state index in [4.69, 9.17) is 16.3 Å². The van der Waals surface area contributed by atoms with Gasteiger partial charge in [-0.1, -0.05) is 43.6 Å². The number of rotatable bonds is 6. The van der Waals surface area contributed by atoms with Gasteiger partial charge in [0.25, 0.3) is 0 Å². The Morgan fingerprint density at radius 3 is 2.61 bits per heavy atom. The number of carbonyl (C=O) groups excluding carboxylic acids is 1. The Hall–Kier alpha value is -1.10. The van der Waals surface area contributed by atoms with Gasteiger partial charge in [-0.3, -0.25) is 4.79 Å². The molecule has 0 spiro atoms. The lowest BCUT2D eigenvalue weighted by atomic mass is 9.78. The van der Waals surface area contributed by atoms with Crippen LogP contribution in [0, 0.1) is 5.41 Å². The summed E-state index contributed by atoms with van der Waals surface area (Å²) in [5.74, 6) is 0.0842. The second-order valence-corrected chi connectivity index (χ2v) is 7.42. The summed E-state index contributed by atoms with van der Waals surface area (Å²) in [7, 11) is 1.66. The first kappa shape index (κ1) is 18.2. The van der Waals surface area contributed by atoms with Gasteiger partial charge in [-0.15, -0.1) is 0 Å². The summed E-state index contributed by atoms with van der Waals surface area (Å²) >= 11 is 6.31. The Kier molecular flexibility index (Phi) is 6.06. The zero-order chi connectivity index (χ0) is 16.9. The van der Waals surface area contributed by atoms with Crippen molar-refractivity contribution < 1.29 is 9.53 Å². The second kappa shape index (κ2) is 7.65. The molecule has 1 fully saturated rings. The lowest BCUT2D eigenvalue weighted by Crippen LogP contribution is -2.52. The number of carbonyl (C=O) groups is 1. The molecule has 1 aromatic carbocycles. The Morgan fingerprint density at radius 2 is 2.00 bits per heavy atom. The van der Waals surface area contributed by atoms with Gasteiger partial charge in [0.2, 0.25) is 5.91 Å². The average molecular weight is 339 g/mol. The van der Waals surface area contributed by atoms with E-state index in [2.05, 4.69) is 24.5 Å². The van der Waals surface area contributed by atoms with Crippen LogP contribution in [-0.4, -0.2) is 39.3 Å². The highest BCUT2D eigenvalue weighted by molar-refractivity contribution is 6.31. The summed E-state index contributed by atoms with van der Waals surface area (Å²) in [5, 5.41) is 7.18. The summed E-state index contributed by atoms with van der Waals surface area (Å²) in [4.78, 5) is 12.8. The monoisotopic (exact) mass is 338 g/mol. The van der Waals surface area contributed by atoms with E-state index in [1.807, 2.05) is 24.3 Å². The van der Waals surface area contributed by atoms with Crippen molar-refractivity contribution in [1.82, 2.24) is 10.6 Å². The zero-order valence-electron chi connectivity index (χ0n) is 14.2. The van der Waals surface area contributed by atoms with Gasteiger partial charge in [-0.05, 0) is 37.6 Å². The largest absolute Gasteiger partial charge is 0.384 e. The van der Waals surface area contributed by atoms with Crippen LogP contribution in [0.1, 0.15) is 32.3 Å². The fraction of sp³-hybridized carbons (Fsp3) is 0.611. The molecule has 1 heterocycles. The van der Waals surface area contributed by atoms with Crippen LogP contribution >= 0.6 is 11.6 Å². The van der Waals surface area contributed by atoms with Crippen molar-refractivity contribution in [3.63, 3.8) is 0 Å². The molecule has 0 bridgehead atoms. The smallest absolute Gasteiger partial charge is 0.228 e. The summed E-state index contributed by atoms with van der Waals surface area (Å²) in [6, 6.07) is 7.80. The Balaban J connectivity index is 2.06. The first-order valence-electron chi connectivity index (χ1n) is 8.14. The van der Waals surface area contributed by atoms with Gasteiger partial charge in [0.1, 0.15) is 0 Å². The quantitative estimate of drug-likeness (QED) is 0.838. The SMILES string of the molecule is COCC1(C(=O)NCC(C)(C)c2ccccc2Cl)CCNCC1. The molecule has 0 aromatic heterocycles. The molecule has 2 N–H and O–H groups in total. The minimum atomic E-state index is -0.420. The molecule has 0 aliphatic carbocycles. The van der Waals surface area contributed by atoms with Gasteiger partial charge >= 0.3 is 0 Å². The number of ether oxygens (including phenoxy) is 1. The predicted octanol–water partition coefficient (Wildman–Crippen LogP) is 2.75. The van der Waals surface area contributed by atoms with Crippen LogP contribution in [0.15, 0.2) is 24.3 Å². The van der Waals surface area contributed by atoms with Crippen LogP contribution in [0.25, 0.3) is 0 Å². The molecule has 5 heteroatoms. The van der Waals surface area contributed by atoms with Crippen LogP contribution in [0.3, 0.4) is 0 Å². The van der Waals surface area contributed by atoms with E-state index in [1.54, 1.807) is 7.11 Å². The van der Waals surface area contributed by atoms with Crippen molar-refractivity contribution in [1.29, 1.82) is 0 Å². The Bertz CT molecular complexity index is 534. The van der Waals surface area contributed by atoms with E-state index in [1.165, 1.54) is 0 Å². The molecule has 23 heavy (non-hydrogen) atoms. The zero-order valence-corrected chi connectivity index (χ0v) is 15.0. The van der Waals surface area contributed by atoms with Crippen LogP contribution in [0.2, 0.25) is 5.02 Å². The molecule has 1 aliphatic rings. The highest BCUT2D eigenvalue weighted by atomic mass is 35.5. The maximum atomic E-state index is 12.8. The molecule has 0 radical (unpaired) electrons. The predicted molar refractivity (Wildman–Crippen MR) is 93.9 cm³/mol. The summed E-state index contributed by atoms with van der Waals surface area (Å²) < 4.78 is 5.33. The molecule has 0 unspecified atom stereocenters. The van der Waals surface area contributed by atoms with Gasteiger partial charge in [-0.2, -0.15) is 0 Å². The van der Waals surface area contributed by atoms with E-state index in [0.717, 1.165) is 36.5 Å². The molecule has 1 aliphatic heterocycles. The van der Waals surface area contributed by atoms with Crippen molar-refractivity contribution >= 4 is 17.5 Å². The number of methoxy groups -OCH3 is 1. The normalized spacial score (nSPS) is 17.7. The van der Waals surface area contributed by atoms with Crippen LogP contribution in [0.4, 0.5) is 0 Å². The highest BCUT2D eigenvalue weighted by Crippen LogP contribution is 2.32. The lowest BCUT2D eigenvalue weighted by Gasteiger charge is -2.37. The Labute approximate surface area is 143 Å².